The van der Waals surface area contributed by atoms with Gasteiger partial charge in [0.1, 0.15) is 0 Å². The third-order valence-corrected chi connectivity index (χ3v) is 5.08. The molecular weight excluding hydrogens is 344 g/mol. The standard InChI is InChI=1S/C17H23ClN4OS/c1-4-21-16(14-5-7-15(18)8-6-14)19-22(17(21)24)11-20-9-13(3)23-10-12(20)2/h5-8,12-13H,4,9-11H2,1-3H3. The molecule has 2 atom stereocenters. The van der Waals surface area contributed by atoms with Gasteiger partial charge in [-0.3, -0.25) is 4.90 Å². The normalized spacial score (nSPS) is 22.0. The molecule has 7 heteroatoms. The zero-order valence-corrected chi connectivity index (χ0v) is 15.8. The molecule has 5 nitrogen and oxygen atoms in total. The first-order chi connectivity index (χ1) is 11.5. The molecule has 130 valence electrons. The molecule has 24 heavy (non-hydrogen) atoms. The highest BCUT2D eigenvalue weighted by atomic mass is 35.5. The van der Waals surface area contributed by atoms with Crippen molar-refractivity contribution in [3.63, 3.8) is 0 Å². The fraction of sp³-hybridized carbons (Fsp3) is 0.529. The van der Waals surface area contributed by atoms with E-state index in [-0.39, 0.29) is 6.10 Å². The SMILES string of the molecule is CCn1c(-c2ccc(Cl)cc2)nn(CN2CC(C)OCC2C)c1=S. The van der Waals surface area contributed by atoms with E-state index in [0.29, 0.717) is 12.7 Å². The van der Waals surface area contributed by atoms with Crippen LogP contribution in [0.3, 0.4) is 0 Å². The maximum absolute atomic E-state index is 6.00. The number of morpholine rings is 1. The monoisotopic (exact) mass is 366 g/mol. The van der Waals surface area contributed by atoms with E-state index < -0.39 is 0 Å². The average molecular weight is 367 g/mol. The van der Waals surface area contributed by atoms with Crippen LogP contribution in [0.5, 0.6) is 0 Å². The zero-order chi connectivity index (χ0) is 17.3. The van der Waals surface area contributed by atoms with Gasteiger partial charge < -0.3 is 9.30 Å². The van der Waals surface area contributed by atoms with E-state index in [1.165, 1.54) is 0 Å². The van der Waals surface area contributed by atoms with E-state index >= 15 is 0 Å². The van der Waals surface area contributed by atoms with Crippen molar-refractivity contribution in [3.05, 3.63) is 34.1 Å². The van der Waals surface area contributed by atoms with Crippen molar-refractivity contribution in [2.75, 3.05) is 13.2 Å². The van der Waals surface area contributed by atoms with Crippen LogP contribution < -0.4 is 0 Å². The molecule has 0 radical (unpaired) electrons. The molecule has 0 aliphatic carbocycles. The van der Waals surface area contributed by atoms with Crippen LogP contribution >= 0.6 is 23.8 Å². The predicted octanol–water partition coefficient (Wildman–Crippen LogP) is 3.82. The highest BCUT2D eigenvalue weighted by molar-refractivity contribution is 7.71. The van der Waals surface area contributed by atoms with E-state index in [9.17, 15) is 0 Å². The summed E-state index contributed by atoms with van der Waals surface area (Å²) in [5.41, 5.74) is 1.02. The second-order valence-corrected chi connectivity index (χ2v) is 7.06. The van der Waals surface area contributed by atoms with Gasteiger partial charge in [0.05, 0.1) is 19.4 Å². The van der Waals surface area contributed by atoms with Crippen LogP contribution in [0.2, 0.25) is 5.02 Å². The van der Waals surface area contributed by atoms with Gasteiger partial charge in [-0.2, -0.15) is 5.10 Å². The summed E-state index contributed by atoms with van der Waals surface area (Å²) in [6, 6.07) is 8.08. The summed E-state index contributed by atoms with van der Waals surface area (Å²) in [4.78, 5) is 2.36. The fourth-order valence-electron chi connectivity index (χ4n) is 2.97. The topological polar surface area (TPSA) is 35.2 Å². The number of nitrogens with zero attached hydrogens (tertiary/aromatic N) is 4. The Kier molecular flexibility index (Phi) is 5.39. The zero-order valence-electron chi connectivity index (χ0n) is 14.3. The smallest absolute Gasteiger partial charge is 0.199 e. The van der Waals surface area contributed by atoms with E-state index in [1.54, 1.807) is 0 Å². The minimum atomic E-state index is 0.236. The minimum absolute atomic E-state index is 0.236. The summed E-state index contributed by atoms with van der Waals surface area (Å²) < 4.78 is 10.4. The Morgan fingerprint density at radius 3 is 2.67 bits per heavy atom. The van der Waals surface area contributed by atoms with Gasteiger partial charge in [-0.1, -0.05) is 11.6 Å². The summed E-state index contributed by atoms with van der Waals surface area (Å²) in [6.45, 7) is 9.45. The molecule has 0 bridgehead atoms. The Balaban J connectivity index is 1.92. The van der Waals surface area contributed by atoms with Crippen molar-refractivity contribution in [1.29, 1.82) is 0 Å². The van der Waals surface area contributed by atoms with Gasteiger partial charge in [-0.25, -0.2) is 4.68 Å². The largest absolute Gasteiger partial charge is 0.376 e. The molecule has 0 amide bonds. The van der Waals surface area contributed by atoms with Crippen LogP contribution in [-0.4, -0.2) is 44.5 Å². The quantitative estimate of drug-likeness (QED) is 0.770. The van der Waals surface area contributed by atoms with Crippen molar-refractivity contribution < 1.29 is 4.74 Å². The lowest BCUT2D eigenvalue weighted by Crippen LogP contribution is -2.47. The molecule has 1 aromatic heterocycles. The van der Waals surface area contributed by atoms with Gasteiger partial charge in [0.2, 0.25) is 0 Å². The summed E-state index contributed by atoms with van der Waals surface area (Å²) in [5, 5.41) is 5.50. The van der Waals surface area contributed by atoms with E-state index in [2.05, 4.69) is 30.2 Å². The van der Waals surface area contributed by atoms with Gasteiger partial charge in [0.15, 0.2) is 10.6 Å². The molecular formula is C17H23ClN4OS. The van der Waals surface area contributed by atoms with Crippen LogP contribution in [0.25, 0.3) is 11.4 Å². The molecule has 2 unspecified atom stereocenters. The van der Waals surface area contributed by atoms with Gasteiger partial charge in [-0.05, 0) is 57.3 Å². The Morgan fingerprint density at radius 1 is 1.29 bits per heavy atom. The number of halogens is 1. The van der Waals surface area contributed by atoms with Gasteiger partial charge in [0.25, 0.3) is 0 Å². The second-order valence-electron chi connectivity index (χ2n) is 6.26. The van der Waals surface area contributed by atoms with Crippen molar-refractivity contribution in [2.24, 2.45) is 0 Å². The van der Waals surface area contributed by atoms with Crippen molar-refractivity contribution in [3.8, 4) is 11.4 Å². The summed E-state index contributed by atoms with van der Waals surface area (Å²) in [7, 11) is 0. The maximum Gasteiger partial charge on any atom is 0.199 e. The van der Waals surface area contributed by atoms with Gasteiger partial charge >= 0.3 is 0 Å². The average Bonchev–Trinajstić information content (AvgIpc) is 2.87. The number of benzene rings is 1. The van der Waals surface area contributed by atoms with Crippen molar-refractivity contribution in [2.45, 2.75) is 46.1 Å². The van der Waals surface area contributed by atoms with Crippen LogP contribution in [0, 0.1) is 4.77 Å². The first-order valence-electron chi connectivity index (χ1n) is 8.28. The number of ether oxygens (including phenoxy) is 1. The molecule has 0 spiro atoms. The first-order valence-corrected chi connectivity index (χ1v) is 9.07. The Labute approximate surface area is 152 Å². The molecule has 0 saturated carbocycles. The van der Waals surface area contributed by atoms with E-state index in [1.807, 2.05) is 28.9 Å². The third kappa shape index (κ3) is 3.57. The third-order valence-electron chi connectivity index (χ3n) is 4.39. The summed E-state index contributed by atoms with van der Waals surface area (Å²) in [6.07, 6.45) is 0.236. The van der Waals surface area contributed by atoms with Crippen molar-refractivity contribution >= 4 is 23.8 Å². The van der Waals surface area contributed by atoms with Gasteiger partial charge in [0, 0.05) is 29.7 Å². The lowest BCUT2D eigenvalue weighted by atomic mass is 10.2. The van der Waals surface area contributed by atoms with E-state index in [4.69, 9.17) is 33.7 Å². The first kappa shape index (κ1) is 17.6. The van der Waals surface area contributed by atoms with Crippen LogP contribution in [0.15, 0.2) is 24.3 Å². The Bertz CT molecular complexity index is 755. The van der Waals surface area contributed by atoms with Crippen LogP contribution in [0.4, 0.5) is 0 Å². The highest BCUT2D eigenvalue weighted by Gasteiger charge is 2.24. The lowest BCUT2D eigenvalue weighted by Gasteiger charge is -2.36. The number of hydrogen-bond acceptors (Lipinski definition) is 4. The molecule has 1 fully saturated rings. The molecule has 0 N–H and O–H groups in total. The molecule has 1 aliphatic heterocycles. The van der Waals surface area contributed by atoms with Crippen LogP contribution in [-0.2, 0) is 18.0 Å². The Morgan fingerprint density at radius 2 is 2.00 bits per heavy atom. The fourth-order valence-corrected chi connectivity index (χ4v) is 3.41. The maximum atomic E-state index is 6.00. The molecule has 1 saturated heterocycles. The molecule has 1 aliphatic rings. The number of hydrogen-bond donors (Lipinski definition) is 0. The number of aromatic nitrogens is 3. The highest BCUT2D eigenvalue weighted by Crippen LogP contribution is 2.21. The molecule has 1 aromatic carbocycles. The molecule has 2 aromatic rings. The van der Waals surface area contributed by atoms with Crippen LogP contribution in [0.1, 0.15) is 20.8 Å². The Hall–Kier alpha value is -1.21. The predicted molar refractivity (Wildman–Crippen MR) is 98.8 cm³/mol. The molecule has 2 heterocycles. The lowest BCUT2D eigenvalue weighted by molar-refractivity contribution is -0.0625. The van der Waals surface area contributed by atoms with Gasteiger partial charge in [-0.15, -0.1) is 0 Å². The minimum Gasteiger partial charge on any atom is -0.376 e. The summed E-state index contributed by atoms with van der Waals surface area (Å²) in [5.74, 6) is 0.883. The number of rotatable bonds is 4. The molecule has 3 rings (SSSR count). The van der Waals surface area contributed by atoms with E-state index in [0.717, 1.165) is 40.9 Å². The van der Waals surface area contributed by atoms with Crippen molar-refractivity contribution in [1.82, 2.24) is 19.2 Å². The second kappa shape index (κ2) is 7.35. The summed E-state index contributed by atoms with van der Waals surface area (Å²) >= 11 is 11.7.